The van der Waals surface area contributed by atoms with E-state index < -0.39 is 13.7 Å². The fraction of sp³-hybridized carbons (Fsp3) is 1.00. The Morgan fingerprint density at radius 3 is 1.74 bits per heavy atom. The number of hydrogen-bond donors (Lipinski definition) is 6. The van der Waals surface area contributed by atoms with Crippen LogP contribution in [-0.4, -0.2) is 88.0 Å². The molecule has 0 amide bonds. The zero-order valence-electron chi connectivity index (χ0n) is 23.2. The monoisotopic (exact) mass is 512 g/mol. The molecule has 0 aliphatic heterocycles. The van der Waals surface area contributed by atoms with E-state index in [0.717, 1.165) is 58.4 Å². The van der Waals surface area contributed by atoms with E-state index in [4.69, 9.17) is 14.4 Å². The highest BCUT2D eigenvalue weighted by atomic mass is 31.2. The molecule has 0 aromatic carbocycles. The van der Waals surface area contributed by atoms with Gasteiger partial charge in [-0.1, -0.05) is 20.3 Å². The second-order valence-electron chi connectivity index (χ2n) is 9.25. The van der Waals surface area contributed by atoms with Crippen LogP contribution in [0.1, 0.15) is 85.5 Å². The Hall–Kier alpha value is 0.110. The van der Waals surface area contributed by atoms with Crippen LogP contribution in [0.2, 0.25) is 0 Å². The molecule has 9 heteroatoms. The predicted molar refractivity (Wildman–Crippen MR) is 145 cm³/mol. The Morgan fingerprint density at radius 1 is 0.735 bits per heavy atom. The SMILES string of the molecule is CCC.COC(C)(C)P(O)OCCCC[NH2+]CCC[NH2+]CCCCNCCCNCCCCO. The largest absolute Gasteiger partial charge is 0.396 e. The van der Waals surface area contributed by atoms with Crippen LogP contribution in [0, 0.1) is 0 Å². The summed E-state index contributed by atoms with van der Waals surface area (Å²) in [6, 6.07) is 0. The van der Waals surface area contributed by atoms with Gasteiger partial charge in [0.1, 0.15) is 5.34 Å². The summed E-state index contributed by atoms with van der Waals surface area (Å²) in [5.41, 5.74) is 0. The highest BCUT2D eigenvalue weighted by Gasteiger charge is 2.29. The van der Waals surface area contributed by atoms with Gasteiger partial charge in [0.15, 0.2) is 0 Å². The first-order valence-corrected chi connectivity index (χ1v) is 15.0. The Morgan fingerprint density at radius 2 is 1.21 bits per heavy atom. The smallest absolute Gasteiger partial charge is 0.201 e. The number of methoxy groups -OCH3 is 1. The first kappa shape index (κ1) is 36.3. The molecule has 0 rings (SSSR count). The van der Waals surface area contributed by atoms with Crippen molar-refractivity contribution in [2.24, 2.45) is 0 Å². The van der Waals surface area contributed by atoms with E-state index >= 15 is 0 Å². The minimum absolute atomic E-state index is 0.304. The number of nitrogens with one attached hydrogen (secondary N) is 2. The van der Waals surface area contributed by atoms with Gasteiger partial charge < -0.3 is 40.5 Å². The Kier molecular flexibility index (Phi) is 31.3. The number of aliphatic hydroxyl groups is 1. The van der Waals surface area contributed by atoms with E-state index in [1.54, 1.807) is 7.11 Å². The molecule has 1 atom stereocenters. The summed E-state index contributed by atoms with van der Waals surface area (Å²) < 4.78 is 10.7. The van der Waals surface area contributed by atoms with Crippen molar-refractivity contribution in [3.05, 3.63) is 0 Å². The van der Waals surface area contributed by atoms with E-state index in [2.05, 4.69) is 35.1 Å². The topological polar surface area (TPSA) is 116 Å². The lowest BCUT2D eigenvalue weighted by Crippen LogP contribution is -2.88. The summed E-state index contributed by atoms with van der Waals surface area (Å²) in [6.45, 7) is 17.9. The van der Waals surface area contributed by atoms with Crippen LogP contribution >= 0.6 is 8.38 Å². The van der Waals surface area contributed by atoms with Crippen molar-refractivity contribution >= 4 is 8.38 Å². The molecule has 0 heterocycles. The van der Waals surface area contributed by atoms with Crippen molar-refractivity contribution in [3.63, 3.8) is 0 Å². The lowest BCUT2D eigenvalue weighted by molar-refractivity contribution is -0.680. The maximum Gasteiger partial charge on any atom is 0.201 e. The highest BCUT2D eigenvalue weighted by Crippen LogP contribution is 2.46. The molecular formula is C25H61N4O4P+2. The van der Waals surface area contributed by atoms with E-state index in [1.807, 2.05) is 13.8 Å². The minimum atomic E-state index is -1.52. The van der Waals surface area contributed by atoms with Crippen molar-refractivity contribution in [1.29, 1.82) is 0 Å². The van der Waals surface area contributed by atoms with Crippen LogP contribution in [0.15, 0.2) is 0 Å². The molecule has 0 aromatic rings. The van der Waals surface area contributed by atoms with E-state index in [1.165, 1.54) is 51.7 Å². The molecule has 0 bridgehead atoms. The van der Waals surface area contributed by atoms with Gasteiger partial charge in [-0.2, -0.15) is 0 Å². The summed E-state index contributed by atoms with van der Waals surface area (Å²) in [5, 5.41) is 19.9. The van der Waals surface area contributed by atoms with Gasteiger partial charge in [-0.15, -0.1) is 0 Å². The summed E-state index contributed by atoms with van der Waals surface area (Å²) >= 11 is 0. The summed E-state index contributed by atoms with van der Waals surface area (Å²) in [7, 11) is 0.0809. The van der Waals surface area contributed by atoms with Gasteiger partial charge in [0.25, 0.3) is 0 Å². The Labute approximate surface area is 212 Å². The molecule has 8 N–H and O–H groups in total. The van der Waals surface area contributed by atoms with Crippen LogP contribution < -0.4 is 21.3 Å². The fourth-order valence-electron chi connectivity index (χ4n) is 2.96. The van der Waals surface area contributed by atoms with Gasteiger partial charge in [0.2, 0.25) is 8.38 Å². The molecule has 34 heavy (non-hydrogen) atoms. The zero-order chi connectivity index (χ0) is 25.8. The van der Waals surface area contributed by atoms with Crippen LogP contribution in [0.3, 0.4) is 0 Å². The van der Waals surface area contributed by atoms with E-state index in [9.17, 15) is 4.89 Å². The van der Waals surface area contributed by atoms with Gasteiger partial charge in [0, 0.05) is 20.1 Å². The van der Waals surface area contributed by atoms with Crippen molar-refractivity contribution < 1.29 is 29.9 Å². The average Bonchev–Trinajstić information content (AvgIpc) is 2.82. The number of ether oxygens (including phenoxy) is 1. The molecule has 1 unspecified atom stereocenters. The van der Waals surface area contributed by atoms with Crippen LogP contribution in [-0.2, 0) is 9.26 Å². The van der Waals surface area contributed by atoms with Gasteiger partial charge in [0.05, 0.1) is 32.8 Å². The zero-order valence-corrected chi connectivity index (χ0v) is 24.1. The van der Waals surface area contributed by atoms with Crippen molar-refractivity contribution in [3.8, 4) is 0 Å². The first-order valence-electron chi connectivity index (χ1n) is 13.8. The van der Waals surface area contributed by atoms with Gasteiger partial charge >= 0.3 is 0 Å². The second kappa shape index (κ2) is 29.3. The summed E-state index contributed by atoms with van der Waals surface area (Å²) in [4.78, 5) is 9.94. The lowest BCUT2D eigenvalue weighted by Gasteiger charge is -2.27. The quantitative estimate of drug-likeness (QED) is 0.0816. The molecule has 0 saturated carbocycles. The third kappa shape index (κ3) is 28.3. The number of rotatable bonds is 25. The number of nitrogens with two attached hydrogens (primary N) is 2. The summed E-state index contributed by atoms with van der Waals surface area (Å²) in [5.74, 6) is 0. The van der Waals surface area contributed by atoms with Crippen molar-refractivity contribution in [1.82, 2.24) is 10.6 Å². The molecule has 0 saturated heterocycles. The minimum Gasteiger partial charge on any atom is -0.396 e. The number of aliphatic hydroxyl groups excluding tert-OH is 1. The fourth-order valence-corrected chi connectivity index (χ4v) is 3.73. The van der Waals surface area contributed by atoms with Gasteiger partial charge in [-0.3, -0.25) is 0 Å². The van der Waals surface area contributed by atoms with Gasteiger partial charge in [-0.25, -0.2) is 0 Å². The third-order valence-electron chi connectivity index (χ3n) is 5.27. The molecule has 0 aromatic heterocycles. The van der Waals surface area contributed by atoms with Crippen molar-refractivity contribution in [2.75, 3.05) is 72.7 Å². The maximum atomic E-state index is 9.94. The van der Waals surface area contributed by atoms with Crippen molar-refractivity contribution in [2.45, 2.75) is 90.8 Å². The second-order valence-corrected chi connectivity index (χ2v) is 11.1. The number of unbranched alkanes of at least 4 members (excludes halogenated alkanes) is 3. The average molecular weight is 513 g/mol. The first-order chi connectivity index (χ1) is 16.5. The Balaban J connectivity index is 0. The normalized spacial score (nSPS) is 12.4. The number of hydrogen-bond acceptors (Lipinski definition) is 6. The molecule has 208 valence electrons. The van der Waals surface area contributed by atoms with E-state index in [0.29, 0.717) is 13.2 Å². The predicted octanol–water partition coefficient (Wildman–Crippen LogP) is 1.53. The van der Waals surface area contributed by atoms with Crippen LogP contribution in [0.25, 0.3) is 0 Å². The number of quaternary nitrogens is 2. The summed E-state index contributed by atoms with van der Waals surface area (Å²) in [6.07, 6.45) is 10.3. The molecular weight excluding hydrogens is 451 g/mol. The van der Waals surface area contributed by atoms with Crippen LogP contribution in [0.5, 0.6) is 0 Å². The van der Waals surface area contributed by atoms with Crippen LogP contribution in [0.4, 0.5) is 0 Å². The molecule has 0 fully saturated rings. The third-order valence-corrected chi connectivity index (χ3v) is 6.80. The lowest BCUT2D eigenvalue weighted by atomic mass is 10.3. The Bertz CT molecular complexity index is 383. The molecule has 8 nitrogen and oxygen atoms in total. The highest BCUT2D eigenvalue weighted by molar-refractivity contribution is 7.47. The molecule has 0 aliphatic carbocycles. The standard InChI is InChI=1S/C22H51N4O4P.C3H8/c1-22(2,29-3)31(28)30-21-9-7-15-26-19-11-17-24-13-5-4-12-23-16-10-18-25-14-6-8-20-27;1-3-2/h23-28H,4-21H2,1-3H3;3H2,1-2H3/p+2. The maximum absolute atomic E-state index is 9.94. The molecule has 0 aliphatic rings. The molecule has 0 spiro atoms. The molecule has 0 radical (unpaired) electrons. The van der Waals surface area contributed by atoms with E-state index in [-0.39, 0.29) is 0 Å². The van der Waals surface area contributed by atoms with Gasteiger partial charge in [-0.05, 0) is 85.0 Å².